The minimum atomic E-state index is 0.200. The van der Waals surface area contributed by atoms with Gasteiger partial charge in [-0.15, -0.1) is 0 Å². The monoisotopic (exact) mass is 291 g/mol. The van der Waals surface area contributed by atoms with Crippen molar-refractivity contribution in [3.8, 4) is 11.4 Å². The van der Waals surface area contributed by atoms with Gasteiger partial charge in [0.1, 0.15) is 0 Å². The van der Waals surface area contributed by atoms with Gasteiger partial charge >= 0.3 is 0 Å². The lowest BCUT2D eigenvalue weighted by Crippen LogP contribution is -2.37. The lowest BCUT2D eigenvalue weighted by Gasteiger charge is -2.26. The van der Waals surface area contributed by atoms with Crippen molar-refractivity contribution in [2.45, 2.75) is 6.92 Å². The Kier molecular flexibility index (Phi) is 3.75. The maximum absolute atomic E-state index is 6.02. The molecular weight excluding hydrogens is 278 g/mol. The molecule has 0 atom stereocenters. The van der Waals surface area contributed by atoms with Gasteiger partial charge in [-0.05, 0) is 30.7 Å². The lowest BCUT2D eigenvalue weighted by atomic mass is 10.2. The smallest absolute Gasteiger partial charge is 0.230 e. The predicted octanol–water partition coefficient (Wildman–Crippen LogP) is 1.73. The summed E-state index contributed by atoms with van der Waals surface area (Å²) in [6.45, 7) is 4.79. The number of rotatable bonds is 2. The van der Waals surface area contributed by atoms with Gasteiger partial charge < -0.3 is 9.64 Å². The van der Waals surface area contributed by atoms with E-state index in [4.69, 9.17) is 16.3 Å². The Morgan fingerprint density at radius 2 is 2.00 bits per heavy atom. The van der Waals surface area contributed by atoms with Crippen LogP contribution in [-0.4, -0.2) is 46.2 Å². The Balaban J connectivity index is 1.97. The van der Waals surface area contributed by atoms with Crippen LogP contribution in [0.5, 0.6) is 0 Å². The van der Waals surface area contributed by atoms with Crippen LogP contribution in [0.2, 0.25) is 5.28 Å². The molecule has 0 amide bonds. The van der Waals surface area contributed by atoms with Gasteiger partial charge in [-0.3, -0.25) is 4.98 Å². The van der Waals surface area contributed by atoms with Crippen molar-refractivity contribution in [1.82, 2.24) is 19.9 Å². The summed E-state index contributed by atoms with van der Waals surface area (Å²) in [5.41, 5.74) is 1.79. The number of aryl methyl sites for hydroxylation is 1. The zero-order valence-electron chi connectivity index (χ0n) is 11.1. The molecule has 7 heteroatoms. The van der Waals surface area contributed by atoms with Crippen LogP contribution >= 0.6 is 11.6 Å². The first-order valence-corrected chi connectivity index (χ1v) is 6.77. The van der Waals surface area contributed by atoms with Gasteiger partial charge in [0.15, 0.2) is 5.82 Å². The van der Waals surface area contributed by atoms with Crippen LogP contribution in [0.1, 0.15) is 5.69 Å². The minimum Gasteiger partial charge on any atom is -0.378 e. The Labute approximate surface area is 121 Å². The third-order valence-electron chi connectivity index (χ3n) is 3.05. The first kappa shape index (κ1) is 13.2. The molecule has 2 aromatic rings. The molecular formula is C13H14ClN5O. The average molecular weight is 292 g/mol. The van der Waals surface area contributed by atoms with E-state index < -0.39 is 0 Å². The highest BCUT2D eigenvalue weighted by Gasteiger charge is 2.16. The van der Waals surface area contributed by atoms with E-state index in [1.54, 1.807) is 6.20 Å². The summed E-state index contributed by atoms with van der Waals surface area (Å²) in [6.07, 6.45) is 1.73. The molecule has 0 aliphatic carbocycles. The number of halogens is 1. The van der Waals surface area contributed by atoms with Gasteiger partial charge in [-0.1, -0.05) is 0 Å². The van der Waals surface area contributed by atoms with E-state index in [1.165, 1.54) is 0 Å². The molecule has 0 saturated carbocycles. The number of anilines is 1. The zero-order valence-corrected chi connectivity index (χ0v) is 11.8. The Hall–Kier alpha value is -1.79. The summed E-state index contributed by atoms with van der Waals surface area (Å²) in [4.78, 5) is 19.1. The van der Waals surface area contributed by atoms with Crippen LogP contribution in [-0.2, 0) is 4.74 Å². The summed E-state index contributed by atoms with van der Waals surface area (Å²) in [5.74, 6) is 1.16. The minimum absolute atomic E-state index is 0.200. The first-order valence-electron chi connectivity index (χ1n) is 6.40. The number of nitrogens with zero attached hydrogens (tertiary/aromatic N) is 5. The molecule has 3 rings (SSSR count). The third-order valence-corrected chi connectivity index (χ3v) is 3.21. The molecule has 0 aromatic carbocycles. The second-order valence-corrected chi connectivity index (χ2v) is 4.85. The molecule has 0 radical (unpaired) electrons. The average Bonchev–Trinajstić information content (AvgIpc) is 2.47. The quantitative estimate of drug-likeness (QED) is 0.840. The number of pyridine rings is 1. The van der Waals surface area contributed by atoms with Crippen molar-refractivity contribution in [2.75, 3.05) is 31.2 Å². The molecule has 1 aliphatic heterocycles. The second kappa shape index (κ2) is 5.68. The van der Waals surface area contributed by atoms with Crippen molar-refractivity contribution in [3.05, 3.63) is 29.3 Å². The van der Waals surface area contributed by atoms with Crippen molar-refractivity contribution in [2.24, 2.45) is 0 Å². The summed E-state index contributed by atoms with van der Waals surface area (Å²) in [7, 11) is 0. The lowest BCUT2D eigenvalue weighted by molar-refractivity contribution is 0.122. The van der Waals surface area contributed by atoms with Gasteiger partial charge in [-0.2, -0.15) is 15.0 Å². The molecule has 1 fully saturated rings. The van der Waals surface area contributed by atoms with E-state index in [0.29, 0.717) is 25.0 Å². The fourth-order valence-corrected chi connectivity index (χ4v) is 2.21. The van der Waals surface area contributed by atoms with Crippen molar-refractivity contribution in [1.29, 1.82) is 0 Å². The molecule has 104 valence electrons. The standard InChI is InChI=1S/C13H14ClN5O/c1-9-8-10(2-3-15-9)11-16-12(14)18-13(17-11)19-4-6-20-7-5-19/h2-3,8H,4-7H2,1H3. The van der Waals surface area contributed by atoms with Gasteiger partial charge in [-0.25, -0.2) is 0 Å². The SMILES string of the molecule is Cc1cc(-c2nc(Cl)nc(N3CCOCC3)n2)ccn1. The largest absolute Gasteiger partial charge is 0.378 e. The van der Waals surface area contributed by atoms with E-state index in [-0.39, 0.29) is 5.28 Å². The highest BCUT2D eigenvalue weighted by molar-refractivity contribution is 6.28. The van der Waals surface area contributed by atoms with Crippen LogP contribution in [0.4, 0.5) is 5.95 Å². The Morgan fingerprint density at radius 3 is 2.75 bits per heavy atom. The summed E-state index contributed by atoms with van der Waals surface area (Å²) in [5, 5.41) is 0.200. The maximum atomic E-state index is 6.02. The zero-order chi connectivity index (χ0) is 13.9. The Morgan fingerprint density at radius 1 is 1.20 bits per heavy atom. The summed E-state index contributed by atoms with van der Waals surface area (Å²) in [6, 6.07) is 3.79. The third kappa shape index (κ3) is 2.86. The van der Waals surface area contributed by atoms with E-state index in [1.807, 2.05) is 19.1 Å². The topological polar surface area (TPSA) is 64.0 Å². The number of aromatic nitrogens is 4. The second-order valence-electron chi connectivity index (χ2n) is 4.51. The Bertz CT molecular complexity index is 615. The first-order chi connectivity index (χ1) is 9.72. The normalized spacial score (nSPS) is 15.4. The molecule has 2 aromatic heterocycles. The highest BCUT2D eigenvalue weighted by atomic mass is 35.5. The van der Waals surface area contributed by atoms with Crippen LogP contribution in [0.3, 0.4) is 0 Å². The molecule has 0 spiro atoms. The fourth-order valence-electron chi connectivity index (χ4n) is 2.06. The van der Waals surface area contributed by atoms with Gasteiger partial charge in [0, 0.05) is 30.5 Å². The van der Waals surface area contributed by atoms with E-state index in [2.05, 4.69) is 24.8 Å². The highest BCUT2D eigenvalue weighted by Crippen LogP contribution is 2.20. The molecule has 6 nitrogen and oxygen atoms in total. The maximum Gasteiger partial charge on any atom is 0.230 e. The van der Waals surface area contributed by atoms with Gasteiger partial charge in [0.2, 0.25) is 11.2 Å². The summed E-state index contributed by atoms with van der Waals surface area (Å²) >= 11 is 6.02. The van der Waals surface area contributed by atoms with Gasteiger partial charge in [0.25, 0.3) is 0 Å². The van der Waals surface area contributed by atoms with Gasteiger partial charge in [0.05, 0.1) is 13.2 Å². The number of hydrogen-bond acceptors (Lipinski definition) is 6. The molecule has 1 saturated heterocycles. The number of ether oxygens (including phenoxy) is 1. The van der Waals surface area contributed by atoms with Crippen LogP contribution < -0.4 is 4.90 Å². The van der Waals surface area contributed by atoms with E-state index >= 15 is 0 Å². The molecule has 3 heterocycles. The summed E-state index contributed by atoms with van der Waals surface area (Å²) < 4.78 is 5.33. The van der Waals surface area contributed by atoms with Crippen molar-refractivity contribution >= 4 is 17.5 Å². The number of morpholine rings is 1. The predicted molar refractivity (Wildman–Crippen MR) is 75.8 cm³/mol. The molecule has 20 heavy (non-hydrogen) atoms. The molecule has 1 aliphatic rings. The fraction of sp³-hybridized carbons (Fsp3) is 0.385. The molecule has 0 bridgehead atoms. The van der Waals surface area contributed by atoms with Crippen LogP contribution in [0, 0.1) is 6.92 Å². The van der Waals surface area contributed by atoms with E-state index in [9.17, 15) is 0 Å². The number of hydrogen-bond donors (Lipinski definition) is 0. The van der Waals surface area contributed by atoms with Crippen molar-refractivity contribution in [3.63, 3.8) is 0 Å². The van der Waals surface area contributed by atoms with Crippen LogP contribution in [0.15, 0.2) is 18.3 Å². The molecule has 0 N–H and O–H groups in total. The van der Waals surface area contributed by atoms with E-state index in [0.717, 1.165) is 24.3 Å². The van der Waals surface area contributed by atoms with Crippen LogP contribution in [0.25, 0.3) is 11.4 Å². The van der Waals surface area contributed by atoms with Crippen molar-refractivity contribution < 1.29 is 4.74 Å². The molecule has 0 unspecified atom stereocenters.